The van der Waals surface area contributed by atoms with Gasteiger partial charge in [0.2, 0.25) is 11.8 Å². The van der Waals surface area contributed by atoms with Gasteiger partial charge < -0.3 is 10.4 Å². The van der Waals surface area contributed by atoms with E-state index in [9.17, 15) is 19.2 Å². The molecular formula is C19H16N2O5. The molecule has 3 amide bonds. The van der Waals surface area contributed by atoms with Crippen molar-refractivity contribution < 1.29 is 24.3 Å². The number of imide groups is 1. The number of nitrogens with zero attached hydrogens (tertiary/aromatic N) is 1. The first-order valence-corrected chi connectivity index (χ1v) is 8.02. The molecule has 1 saturated heterocycles. The zero-order chi connectivity index (χ0) is 18.7. The monoisotopic (exact) mass is 352 g/mol. The second-order valence-corrected chi connectivity index (χ2v) is 5.86. The van der Waals surface area contributed by atoms with E-state index >= 15 is 0 Å². The Morgan fingerprint density at radius 2 is 1.62 bits per heavy atom. The third-order valence-electron chi connectivity index (χ3n) is 4.07. The first-order chi connectivity index (χ1) is 12.5. The topological polar surface area (TPSA) is 104 Å². The van der Waals surface area contributed by atoms with Crippen molar-refractivity contribution in [1.82, 2.24) is 5.32 Å². The van der Waals surface area contributed by atoms with Gasteiger partial charge in [0.25, 0.3) is 5.91 Å². The zero-order valence-electron chi connectivity index (χ0n) is 13.8. The molecule has 1 aliphatic rings. The number of carboxylic acids is 1. The molecule has 2 aromatic carbocycles. The maximum Gasteiger partial charge on any atom is 0.335 e. The molecule has 26 heavy (non-hydrogen) atoms. The molecule has 0 unspecified atom stereocenters. The Kier molecular flexibility index (Phi) is 4.79. The number of nitrogens with one attached hydrogen (secondary N) is 1. The third kappa shape index (κ3) is 3.61. The predicted octanol–water partition coefficient (Wildman–Crippen LogP) is 1.97. The van der Waals surface area contributed by atoms with Crippen LogP contribution in [0.5, 0.6) is 0 Å². The van der Waals surface area contributed by atoms with Gasteiger partial charge in [-0.05, 0) is 35.9 Å². The van der Waals surface area contributed by atoms with E-state index in [1.807, 2.05) is 0 Å². The van der Waals surface area contributed by atoms with Crippen LogP contribution in [0.1, 0.15) is 39.1 Å². The van der Waals surface area contributed by atoms with E-state index in [-0.39, 0.29) is 42.7 Å². The van der Waals surface area contributed by atoms with Gasteiger partial charge in [0.1, 0.15) is 0 Å². The molecule has 3 rings (SSSR count). The number of aromatic carboxylic acids is 1. The fraction of sp³-hybridized carbons (Fsp3) is 0.158. The summed E-state index contributed by atoms with van der Waals surface area (Å²) in [7, 11) is 0. The molecule has 0 saturated carbocycles. The second-order valence-electron chi connectivity index (χ2n) is 5.86. The van der Waals surface area contributed by atoms with Crippen LogP contribution >= 0.6 is 0 Å². The van der Waals surface area contributed by atoms with Crippen molar-refractivity contribution in [2.24, 2.45) is 0 Å². The number of carboxylic acid groups (broad SMARTS) is 1. The van der Waals surface area contributed by atoms with Crippen molar-refractivity contribution >= 4 is 29.4 Å². The van der Waals surface area contributed by atoms with Crippen molar-refractivity contribution in [3.63, 3.8) is 0 Å². The average molecular weight is 352 g/mol. The van der Waals surface area contributed by atoms with Gasteiger partial charge in [0, 0.05) is 24.9 Å². The van der Waals surface area contributed by atoms with Gasteiger partial charge in [0.15, 0.2) is 0 Å². The van der Waals surface area contributed by atoms with Crippen LogP contribution in [0.15, 0.2) is 48.5 Å². The van der Waals surface area contributed by atoms with E-state index in [0.717, 1.165) is 10.5 Å². The highest BCUT2D eigenvalue weighted by molar-refractivity contribution is 6.20. The number of amides is 3. The molecule has 0 atom stereocenters. The number of rotatable bonds is 5. The van der Waals surface area contributed by atoms with E-state index < -0.39 is 5.97 Å². The maximum absolute atomic E-state index is 12.3. The highest BCUT2D eigenvalue weighted by Gasteiger charge is 2.30. The normalized spacial score (nSPS) is 13.8. The SMILES string of the molecule is O=C(O)c1ccc(CNC(=O)c2cccc(N3C(=O)CCC3=O)c2)cc1. The van der Waals surface area contributed by atoms with Gasteiger partial charge in [-0.25, -0.2) is 4.79 Å². The molecule has 0 aromatic heterocycles. The standard InChI is InChI=1S/C19H16N2O5/c22-16-8-9-17(23)21(16)15-3-1-2-14(10-15)18(24)20-11-12-4-6-13(7-5-12)19(25)26/h1-7,10H,8-9,11H2,(H,20,24)(H,25,26). The maximum atomic E-state index is 12.3. The number of hydrogen-bond donors (Lipinski definition) is 2. The quantitative estimate of drug-likeness (QED) is 0.801. The van der Waals surface area contributed by atoms with Crippen LogP contribution in [-0.4, -0.2) is 28.8 Å². The fourth-order valence-corrected chi connectivity index (χ4v) is 2.70. The predicted molar refractivity (Wildman–Crippen MR) is 92.7 cm³/mol. The average Bonchev–Trinajstić information content (AvgIpc) is 2.98. The summed E-state index contributed by atoms with van der Waals surface area (Å²) in [6.07, 6.45) is 0.364. The summed E-state index contributed by atoms with van der Waals surface area (Å²) in [5, 5.41) is 11.6. The first-order valence-electron chi connectivity index (χ1n) is 8.02. The molecule has 7 nitrogen and oxygen atoms in total. The molecule has 7 heteroatoms. The molecule has 1 aliphatic heterocycles. The molecule has 0 spiro atoms. The summed E-state index contributed by atoms with van der Waals surface area (Å²) >= 11 is 0. The smallest absolute Gasteiger partial charge is 0.335 e. The minimum atomic E-state index is -1.01. The highest BCUT2D eigenvalue weighted by Crippen LogP contribution is 2.23. The van der Waals surface area contributed by atoms with Crippen LogP contribution in [0, 0.1) is 0 Å². The molecular weight excluding hydrogens is 336 g/mol. The lowest BCUT2D eigenvalue weighted by atomic mass is 10.1. The van der Waals surface area contributed by atoms with Crippen molar-refractivity contribution in [3.8, 4) is 0 Å². The van der Waals surface area contributed by atoms with E-state index in [1.165, 1.54) is 18.2 Å². The molecule has 2 aromatic rings. The molecule has 1 fully saturated rings. The van der Waals surface area contributed by atoms with Crippen LogP contribution in [0.3, 0.4) is 0 Å². The summed E-state index contributed by atoms with van der Waals surface area (Å²) in [5.74, 6) is -1.91. The summed E-state index contributed by atoms with van der Waals surface area (Å²) < 4.78 is 0. The van der Waals surface area contributed by atoms with Crippen molar-refractivity contribution in [2.75, 3.05) is 4.90 Å². The van der Waals surface area contributed by atoms with Crippen molar-refractivity contribution in [3.05, 3.63) is 65.2 Å². The van der Waals surface area contributed by atoms with E-state index in [4.69, 9.17) is 5.11 Å². The largest absolute Gasteiger partial charge is 0.478 e. The van der Waals surface area contributed by atoms with Gasteiger partial charge in [-0.3, -0.25) is 19.3 Å². The van der Waals surface area contributed by atoms with Crippen LogP contribution in [-0.2, 0) is 16.1 Å². The lowest BCUT2D eigenvalue weighted by Crippen LogP contribution is -2.29. The summed E-state index contributed by atoms with van der Waals surface area (Å²) in [6.45, 7) is 0.227. The molecule has 0 radical (unpaired) electrons. The highest BCUT2D eigenvalue weighted by atomic mass is 16.4. The van der Waals surface area contributed by atoms with E-state index in [1.54, 1.807) is 30.3 Å². The number of carbonyl (C=O) groups is 4. The molecule has 0 bridgehead atoms. The summed E-state index contributed by atoms with van der Waals surface area (Å²) in [5.41, 5.74) is 1.64. The lowest BCUT2D eigenvalue weighted by molar-refractivity contribution is -0.121. The number of anilines is 1. The van der Waals surface area contributed by atoms with Crippen LogP contribution in [0.4, 0.5) is 5.69 Å². The second kappa shape index (κ2) is 7.18. The Morgan fingerprint density at radius 1 is 0.962 bits per heavy atom. The number of carbonyl (C=O) groups excluding carboxylic acids is 3. The lowest BCUT2D eigenvalue weighted by Gasteiger charge is -2.14. The number of hydrogen-bond acceptors (Lipinski definition) is 4. The third-order valence-corrected chi connectivity index (χ3v) is 4.07. The first kappa shape index (κ1) is 17.3. The molecule has 132 valence electrons. The Hall–Kier alpha value is -3.48. The molecule has 2 N–H and O–H groups in total. The van der Waals surface area contributed by atoms with Crippen LogP contribution < -0.4 is 10.2 Å². The molecule has 1 heterocycles. The van der Waals surface area contributed by atoms with Gasteiger partial charge in [-0.15, -0.1) is 0 Å². The minimum absolute atomic E-state index is 0.174. The van der Waals surface area contributed by atoms with Gasteiger partial charge >= 0.3 is 5.97 Å². The Bertz CT molecular complexity index is 873. The Labute approximate surface area is 149 Å². The zero-order valence-corrected chi connectivity index (χ0v) is 13.8. The number of benzene rings is 2. The van der Waals surface area contributed by atoms with Gasteiger partial charge in [-0.1, -0.05) is 18.2 Å². The van der Waals surface area contributed by atoms with Crippen molar-refractivity contribution in [2.45, 2.75) is 19.4 Å². The van der Waals surface area contributed by atoms with Crippen LogP contribution in [0.25, 0.3) is 0 Å². The summed E-state index contributed by atoms with van der Waals surface area (Å²) in [4.78, 5) is 47.9. The van der Waals surface area contributed by atoms with Crippen LogP contribution in [0.2, 0.25) is 0 Å². The van der Waals surface area contributed by atoms with Crippen molar-refractivity contribution in [1.29, 1.82) is 0 Å². The minimum Gasteiger partial charge on any atom is -0.478 e. The summed E-state index contributed by atoms with van der Waals surface area (Å²) in [6, 6.07) is 12.5. The van der Waals surface area contributed by atoms with Gasteiger partial charge in [-0.2, -0.15) is 0 Å². The fourth-order valence-electron chi connectivity index (χ4n) is 2.70. The Morgan fingerprint density at radius 3 is 2.23 bits per heavy atom. The van der Waals surface area contributed by atoms with E-state index in [2.05, 4.69) is 5.32 Å². The van der Waals surface area contributed by atoms with E-state index in [0.29, 0.717) is 11.3 Å². The van der Waals surface area contributed by atoms with Gasteiger partial charge in [0.05, 0.1) is 11.3 Å². The Balaban J connectivity index is 1.68. The molecule has 0 aliphatic carbocycles.